The average molecular weight is 329 g/mol. The molecule has 4 nitrogen and oxygen atoms in total. The van der Waals surface area contributed by atoms with Crippen molar-refractivity contribution in [1.29, 1.82) is 0 Å². The predicted octanol–water partition coefficient (Wildman–Crippen LogP) is 2.67. The molecular weight excluding hydrogens is 304 g/mol. The van der Waals surface area contributed by atoms with E-state index in [1.807, 2.05) is 5.38 Å². The Bertz CT molecular complexity index is 593. The molecule has 21 heavy (non-hydrogen) atoms. The lowest BCUT2D eigenvalue weighted by Crippen LogP contribution is -2.42. The molecule has 1 aromatic heterocycles. The van der Waals surface area contributed by atoms with Gasteiger partial charge in [0.2, 0.25) is 10.0 Å². The summed E-state index contributed by atoms with van der Waals surface area (Å²) >= 11 is 1.54. The zero-order valence-corrected chi connectivity index (χ0v) is 14.3. The summed E-state index contributed by atoms with van der Waals surface area (Å²) in [4.78, 5) is 1.47. The van der Waals surface area contributed by atoms with Crippen LogP contribution in [0.1, 0.15) is 38.0 Å². The van der Waals surface area contributed by atoms with E-state index in [1.54, 1.807) is 21.7 Å². The molecule has 2 heterocycles. The number of sulfonamides is 1. The van der Waals surface area contributed by atoms with Crippen LogP contribution in [0.15, 0.2) is 16.3 Å². The standard InChI is InChI=1S/C15H24N2O2S2/c1-11-5-7-17(10-12(11)2)21(18,19)15-6-8-20-14(15)9-16-13-3-4-13/h6,8,11-13,16H,3-5,7,9-10H2,1-2H3. The van der Waals surface area contributed by atoms with E-state index < -0.39 is 10.0 Å². The molecule has 1 saturated heterocycles. The minimum Gasteiger partial charge on any atom is -0.309 e. The molecule has 0 bridgehead atoms. The molecule has 6 heteroatoms. The maximum absolute atomic E-state index is 12.9. The molecule has 1 aromatic rings. The summed E-state index contributed by atoms with van der Waals surface area (Å²) in [6.07, 6.45) is 3.39. The van der Waals surface area contributed by atoms with Gasteiger partial charge < -0.3 is 5.32 Å². The fraction of sp³-hybridized carbons (Fsp3) is 0.733. The zero-order chi connectivity index (χ0) is 15.0. The van der Waals surface area contributed by atoms with E-state index in [4.69, 9.17) is 0 Å². The van der Waals surface area contributed by atoms with Crippen LogP contribution in [0.25, 0.3) is 0 Å². The molecule has 2 aliphatic rings. The molecular formula is C15H24N2O2S2. The van der Waals surface area contributed by atoms with Crippen molar-refractivity contribution in [2.45, 2.75) is 50.6 Å². The summed E-state index contributed by atoms with van der Waals surface area (Å²) in [5.41, 5.74) is 0. The van der Waals surface area contributed by atoms with Crippen LogP contribution in [0.2, 0.25) is 0 Å². The van der Waals surface area contributed by atoms with Gasteiger partial charge in [-0.1, -0.05) is 13.8 Å². The molecule has 2 atom stereocenters. The first-order valence-corrected chi connectivity index (χ1v) is 10.1. The van der Waals surface area contributed by atoms with Crippen LogP contribution in [-0.2, 0) is 16.6 Å². The summed E-state index contributed by atoms with van der Waals surface area (Å²) in [6.45, 7) is 6.34. The fourth-order valence-corrected chi connectivity index (χ4v) is 5.71. The summed E-state index contributed by atoms with van der Waals surface area (Å²) in [5.74, 6) is 1.04. The zero-order valence-electron chi connectivity index (χ0n) is 12.7. The molecule has 0 aromatic carbocycles. The number of piperidine rings is 1. The highest BCUT2D eigenvalue weighted by atomic mass is 32.2. The summed E-state index contributed by atoms with van der Waals surface area (Å²) in [5, 5.41) is 5.31. The SMILES string of the molecule is CC1CCN(S(=O)(=O)c2ccsc2CNC2CC2)CC1C. The second-order valence-electron chi connectivity index (χ2n) is 6.47. The van der Waals surface area contributed by atoms with Crippen molar-refractivity contribution < 1.29 is 8.42 Å². The largest absolute Gasteiger partial charge is 0.309 e. The maximum atomic E-state index is 12.9. The third kappa shape index (κ3) is 3.33. The first-order valence-electron chi connectivity index (χ1n) is 7.78. The quantitative estimate of drug-likeness (QED) is 0.904. The monoisotopic (exact) mass is 328 g/mol. The molecule has 1 aliphatic heterocycles. The van der Waals surface area contributed by atoms with E-state index in [-0.39, 0.29) is 0 Å². The van der Waals surface area contributed by atoms with Crippen LogP contribution in [0.4, 0.5) is 0 Å². The molecule has 1 aliphatic carbocycles. The van der Waals surface area contributed by atoms with Gasteiger partial charge in [0.15, 0.2) is 0 Å². The number of hydrogen-bond acceptors (Lipinski definition) is 4. The van der Waals surface area contributed by atoms with E-state index in [0.29, 0.717) is 42.4 Å². The molecule has 0 radical (unpaired) electrons. The first kappa shape index (κ1) is 15.5. The number of hydrogen-bond donors (Lipinski definition) is 1. The van der Waals surface area contributed by atoms with E-state index in [9.17, 15) is 8.42 Å². The highest BCUT2D eigenvalue weighted by Gasteiger charge is 2.33. The summed E-state index contributed by atoms with van der Waals surface area (Å²) in [6, 6.07) is 2.37. The topological polar surface area (TPSA) is 49.4 Å². The summed E-state index contributed by atoms with van der Waals surface area (Å²) < 4.78 is 27.5. The minimum atomic E-state index is -3.33. The Kier molecular flexibility index (Phi) is 4.41. The highest BCUT2D eigenvalue weighted by molar-refractivity contribution is 7.89. The van der Waals surface area contributed by atoms with Gasteiger partial charge in [0.05, 0.1) is 4.90 Å². The smallest absolute Gasteiger partial charge is 0.244 e. The Morgan fingerprint density at radius 2 is 2.05 bits per heavy atom. The highest BCUT2D eigenvalue weighted by Crippen LogP contribution is 2.31. The Labute approximate surface area is 131 Å². The molecule has 118 valence electrons. The number of nitrogens with zero attached hydrogens (tertiary/aromatic N) is 1. The summed E-state index contributed by atoms with van der Waals surface area (Å²) in [7, 11) is -3.33. The maximum Gasteiger partial charge on any atom is 0.244 e. The van der Waals surface area contributed by atoms with Crippen LogP contribution in [0, 0.1) is 11.8 Å². The van der Waals surface area contributed by atoms with Gasteiger partial charge >= 0.3 is 0 Å². The van der Waals surface area contributed by atoms with Gasteiger partial charge in [0.1, 0.15) is 0 Å². The van der Waals surface area contributed by atoms with Gasteiger partial charge in [-0.05, 0) is 42.5 Å². The minimum absolute atomic E-state index is 0.431. The van der Waals surface area contributed by atoms with E-state index in [0.717, 1.165) is 11.3 Å². The Morgan fingerprint density at radius 1 is 1.29 bits per heavy atom. The van der Waals surface area contributed by atoms with Crippen molar-refractivity contribution in [3.05, 3.63) is 16.3 Å². The van der Waals surface area contributed by atoms with Gasteiger partial charge in [-0.15, -0.1) is 11.3 Å². The molecule has 1 saturated carbocycles. The van der Waals surface area contributed by atoms with E-state index in [1.165, 1.54) is 12.8 Å². The fourth-order valence-electron chi connectivity index (χ4n) is 2.79. The molecule has 0 spiro atoms. The number of rotatable bonds is 5. The lowest BCUT2D eigenvalue weighted by molar-refractivity contribution is 0.212. The normalized spacial score (nSPS) is 27.9. The van der Waals surface area contributed by atoms with Gasteiger partial charge in [0, 0.05) is 30.6 Å². The van der Waals surface area contributed by atoms with E-state index >= 15 is 0 Å². The molecule has 2 unspecified atom stereocenters. The van der Waals surface area contributed by atoms with Crippen LogP contribution in [0.3, 0.4) is 0 Å². The average Bonchev–Trinajstić information content (AvgIpc) is 3.15. The van der Waals surface area contributed by atoms with Crippen LogP contribution < -0.4 is 5.32 Å². The lowest BCUT2D eigenvalue weighted by Gasteiger charge is -2.34. The van der Waals surface area contributed by atoms with Crippen molar-refractivity contribution in [3.8, 4) is 0 Å². The van der Waals surface area contributed by atoms with Crippen molar-refractivity contribution in [2.75, 3.05) is 13.1 Å². The molecule has 1 N–H and O–H groups in total. The third-order valence-electron chi connectivity index (χ3n) is 4.75. The van der Waals surface area contributed by atoms with Crippen LogP contribution in [0.5, 0.6) is 0 Å². The van der Waals surface area contributed by atoms with Crippen molar-refractivity contribution >= 4 is 21.4 Å². The van der Waals surface area contributed by atoms with Gasteiger partial charge in [-0.3, -0.25) is 0 Å². The Balaban J connectivity index is 1.76. The van der Waals surface area contributed by atoms with Crippen molar-refractivity contribution in [1.82, 2.24) is 9.62 Å². The molecule has 3 rings (SSSR count). The molecule has 0 amide bonds. The van der Waals surface area contributed by atoms with Crippen LogP contribution in [-0.4, -0.2) is 31.9 Å². The number of thiophene rings is 1. The molecule has 2 fully saturated rings. The second-order valence-corrected chi connectivity index (χ2v) is 9.38. The van der Waals surface area contributed by atoms with Gasteiger partial charge in [-0.25, -0.2) is 8.42 Å². The lowest BCUT2D eigenvalue weighted by atomic mass is 9.90. The van der Waals surface area contributed by atoms with Crippen molar-refractivity contribution in [3.63, 3.8) is 0 Å². The van der Waals surface area contributed by atoms with Gasteiger partial charge in [-0.2, -0.15) is 4.31 Å². The Hall–Kier alpha value is -0.430. The van der Waals surface area contributed by atoms with Gasteiger partial charge in [0.25, 0.3) is 0 Å². The van der Waals surface area contributed by atoms with Crippen molar-refractivity contribution in [2.24, 2.45) is 11.8 Å². The van der Waals surface area contributed by atoms with E-state index in [2.05, 4.69) is 19.2 Å². The van der Waals surface area contributed by atoms with Crippen LogP contribution >= 0.6 is 11.3 Å². The number of nitrogens with one attached hydrogen (secondary N) is 1. The first-order chi connectivity index (χ1) is 9.98. The second kappa shape index (κ2) is 5.99. The predicted molar refractivity (Wildman–Crippen MR) is 85.9 cm³/mol. The third-order valence-corrected chi connectivity index (χ3v) is 7.75. The Morgan fingerprint density at radius 3 is 2.71 bits per heavy atom.